The number of hydrogen-bond donors (Lipinski definition) is 0. The van der Waals surface area contributed by atoms with E-state index in [1.807, 2.05) is 19.9 Å². The van der Waals surface area contributed by atoms with Gasteiger partial charge in [-0.1, -0.05) is 0 Å². The van der Waals surface area contributed by atoms with Gasteiger partial charge in [0.15, 0.2) is 12.3 Å². The van der Waals surface area contributed by atoms with Crippen LogP contribution < -0.4 is 0 Å². The van der Waals surface area contributed by atoms with Crippen molar-refractivity contribution in [2.24, 2.45) is 0 Å². The maximum atomic E-state index is 12.4. The Kier molecular flexibility index (Phi) is 5.23. The average Bonchev–Trinajstić information content (AvgIpc) is 3.24. The van der Waals surface area contributed by atoms with Gasteiger partial charge in [-0.25, -0.2) is 9.78 Å². The first-order valence-electron chi connectivity index (χ1n) is 8.31. The number of esters is 1. The highest BCUT2D eigenvalue weighted by Crippen LogP contribution is 2.20. The second kappa shape index (κ2) is 7.57. The third-order valence-corrected chi connectivity index (χ3v) is 4.39. The highest BCUT2D eigenvalue weighted by Gasteiger charge is 2.22. The van der Waals surface area contributed by atoms with Crippen molar-refractivity contribution in [1.82, 2.24) is 14.5 Å². The normalized spacial score (nSPS) is 16.8. The summed E-state index contributed by atoms with van der Waals surface area (Å²) >= 11 is 0. The van der Waals surface area contributed by atoms with Gasteiger partial charge in [0.1, 0.15) is 0 Å². The quantitative estimate of drug-likeness (QED) is 0.590. The molecule has 1 fully saturated rings. The van der Waals surface area contributed by atoms with Crippen LogP contribution in [0.25, 0.3) is 0 Å². The van der Waals surface area contributed by atoms with E-state index in [0.29, 0.717) is 5.56 Å². The van der Waals surface area contributed by atoms with Crippen molar-refractivity contribution >= 4 is 11.8 Å². The second-order valence-corrected chi connectivity index (χ2v) is 6.12. The van der Waals surface area contributed by atoms with Crippen molar-refractivity contribution in [2.45, 2.75) is 39.3 Å². The second-order valence-electron chi connectivity index (χ2n) is 6.12. The van der Waals surface area contributed by atoms with Gasteiger partial charge in [0, 0.05) is 42.5 Å². The van der Waals surface area contributed by atoms with Crippen molar-refractivity contribution in [2.75, 3.05) is 13.2 Å². The Labute approximate surface area is 146 Å². The first kappa shape index (κ1) is 17.3. The zero-order valence-corrected chi connectivity index (χ0v) is 14.4. The summed E-state index contributed by atoms with van der Waals surface area (Å²) in [5.41, 5.74) is 2.52. The third-order valence-electron chi connectivity index (χ3n) is 4.39. The smallest absolute Gasteiger partial charge is 0.358 e. The van der Waals surface area contributed by atoms with Crippen LogP contribution in [0.5, 0.6) is 0 Å². The summed E-state index contributed by atoms with van der Waals surface area (Å²) in [7, 11) is 0. The number of carbonyl (C=O) groups excluding carboxylic acids is 2. The highest BCUT2D eigenvalue weighted by molar-refractivity contribution is 6.00. The maximum absolute atomic E-state index is 12.4. The fourth-order valence-electron chi connectivity index (χ4n) is 3.04. The summed E-state index contributed by atoms with van der Waals surface area (Å²) in [4.78, 5) is 32.0. The lowest BCUT2D eigenvalue weighted by Gasteiger charge is -2.14. The van der Waals surface area contributed by atoms with Gasteiger partial charge >= 0.3 is 5.97 Å². The molecule has 3 heterocycles. The Morgan fingerprint density at radius 3 is 2.88 bits per heavy atom. The summed E-state index contributed by atoms with van der Waals surface area (Å²) in [5.74, 6) is -0.890. The lowest BCUT2D eigenvalue weighted by atomic mass is 10.1. The first-order chi connectivity index (χ1) is 12.1. The van der Waals surface area contributed by atoms with Gasteiger partial charge < -0.3 is 14.0 Å². The molecule has 1 atom stereocenters. The third kappa shape index (κ3) is 3.93. The monoisotopic (exact) mass is 343 g/mol. The summed E-state index contributed by atoms with van der Waals surface area (Å²) in [5, 5.41) is 0. The minimum absolute atomic E-state index is 0.0826. The molecule has 0 N–H and O–H groups in total. The van der Waals surface area contributed by atoms with Crippen molar-refractivity contribution in [1.29, 1.82) is 0 Å². The number of rotatable bonds is 6. The number of ketones is 1. The molecular weight excluding hydrogens is 322 g/mol. The molecule has 0 aromatic carbocycles. The van der Waals surface area contributed by atoms with Crippen LogP contribution in [-0.2, 0) is 16.0 Å². The Hall–Kier alpha value is -2.54. The van der Waals surface area contributed by atoms with E-state index in [4.69, 9.17) is 9.47 Å². The summed E-state index contributed by atoms with van der Waals surface area (Å²) in [6.07, 6.45) is 6.48. The SMILES string of the molecule is Cc1cc(C(=O)COC(=O)c2cnccn2)c(C)n1C[C@@H]1CCCO1. The molecule has 3 rings (SSSR count). The molecule has 0 unspecified atom stereocenters. The van der Waals surface area contributed by atoms with Gasteiger partial charge in [-0.2, -0.15) is 0 Å². The molecule has 0 aliphatic carbocycles. The van der Waals surface area contributed by atoms with Gasteiger partial charge in [0.2, 0.25) is 5.78 Å². The van der Waals surface area contributed by atoms with Crippen LogP contribution in [0.15, 0.2) is 24.7 Å². The number of Topliss-reactive ketones (excluding diaryl/α,β-unsaturated/α-hetero) is 1. The minimum Gasteiger partial charge on any atom is -0.453 e. The molecule has 132 valence electrons. The Morgan fingerprint density at radius 1 is 1.36 bits per heavy atom. The summed E-state index contributed by atoms with van der Waals surface area (Å²) < 4.78 is 12.8. The number of carbonyl (C=O) groups is 2. The van der Waals surface area contributed by atoms with Crippen LogP contribution in [-0.4, -0.2) is 45.6 Å². The van der Waals surface area contributed by atoms with Gasteiger partial charge in [-0.3, -0.25) is 9.78 Å². The van der Waals surface area contributed by atoms with E-state index in [2.05, 4.69) is 14.5 Å². The molecule has 0 bridgehead atoms. The van der Waals surface area contributed by atoms with Crippen LogP contribution >= 0.6 is 0 Å². The minimum atomic E-state index is -0.658. The molecule has 0 saturated carbocycles. The molecule has 0 radical (unpaired) electrons. The molecular formula is C18H21N3O4. The van der Waals surface area contributed by atoms with Crippen LogP contribution in [0, 0.1) is 13.8 Å². The van der Waals surface area contributed by atoms with E-state index in [-0.39, 0.29) is 24.2 Å². The topological polar surface area (TPSA) is 83.3 Å². The lowest BCUT2D eigenvalue weighted by molar-refractivity contribution is 0.0468. The molecule has 1 aliphatic heterocycles. The van der Waals surface area contributed by atoms with Crippen LogP contribution in [0.3, 0.4) is 0 Å². The fourth-order valence-corrected chi connectivity index (χ4v) is 3.04. The maximum Gasteiger partial charge on any atom is 0.358 e. The lowest BCUT2D eigenvalue weighted by Crippen LogP contribution is -2.18. The fraction of sp³-hybridized carbons (Fsp3) is 0.444. The molecule has 0 spiro atoms. The molecule has 2 aromatic rings. The number of aryl methyl sites for hydroxylation is 1. The summed E-state index contributed by atoms with van der Waals surface area (Å²) in [6.45, 7) is 5.09. The van der Waals surface area contributed by atoms with Crippen LogP contribution in [0.1, 0.15) is 45.1 Å². The molecule has 7 nitrogen and oxygen atoms in total. The molecule has 2 aromatic heterocycles. The Bertz CT molecular complexity index is 764. The van der Waals surface area contributed by atoms with Crippen LogP contribution in [0.4, 0.5) is 0 Å². The Morgan fingerprint density at radius 2 is 2.20 bits per heavy atom. The van der Waals surface area contributed by atoms with Crippen molar-refractivity contribution in [3.05, 3.63) is 47.3 Å². The van der Waals surface area contributed by atoms with Gasteiger partial charge in [-0.15, -0.1) is 0 Å². The predicted octanol–water partition coefficient (Wildman–Crippen LogP) is 2.11. The standard InChI is InChI=1S/C18H21N3O4/c1-12-8-15(13(2)21(12)10-14-4-3-7-24-14)17(22)11-25-18(23)16-9-19-5-6-20-16/h5-6,8-9,14H,3-4,7,10-11H2,1-2H3/t14-/m0/s1. The molecule has 25 heavy (non-hydrogen) atoms. The van der Waals surface area contributed by atoms with E-state index in [9.17, 15) is 9.59 Å². The van der Waals surface area contributed by atoms with Crippen molar-refractivity contribution < 1.29 is 19.1 Å². The zero-order valence-electron chi connectivity index (χ0n) is 14.4. The van der Waals surface area contributed by atoms with E-state index >= 15 is 0 Å². The zero-order chi connectivity index (χ0) is 17.8. The highest BCUT2D eigenvalue weighted by atomic mass is 16.5. The molecule has 1 saturated heterocycles. The van der Waals surface area contributed by atoms with Gasteiger partial charge in [-0.05, 0) is 32.8 Å². The molecule has 0 amide bonds. The number of nitrogens with zero attached hydrogens (tertiary/aromatic N) is 3. The number of aromatic nitrogens is 3. The predicted molar refractivity (Wildman–Crippen MR) is 89.5 cm³/mol. The molecule has 1 aliphatic rings. The van der Waals surface area contributed by atoms with E-state index < -0.39 is 5.97 Å². The number of ether oxygens (including phenoxy) is 2. The van der Waals surface area contributed by atoms with Gasteiger partial charge in [0.25, 0.3) is 0 Å². The number of hydrogen-bond acceptors (Lipinski definition) is 6. The van der Waals surface area contributed by atoms with Crippen molar-refractivity contribution in [3.8, 4) is 0 Å². The average molecular weight is 343 g/mol. The Balaban J connectivity index is 1.65. The van der Waals surface area contributed by atoms with Crippen molar-refractivity contribution in [3.63, 3.8) is 0 Å². The summed E-state index contributed by atoms with van der Waals surface area (Å²) in [6, 6.07) is 1.84. The van der Waals surface area contributed by atoms with E-state index in [1.54, 1.807) is 0 Å². The van der Waals surface area contributed by atoms with E-state index in [0.717, 1.165) is 37.4 Å². The first-order valence-corrected chi connectivity index (χ1v) is 8.31. The van der Waals surface area contributed by atoms with E-state index in [1.165, 1.54) is 18.6 Å². The van der Waals surface area contributed by atoms with Crippen LogP contribution in [0.2, 0.25) is 0 Å². The molecule has 7 heteroatoms. The van der Waals surface area contributed by atoms with Gasteiger partial charge in [0.05, 0.1) is 12.3 Å². The largest absolute Gasteiger partial charge is 0.453 e.